The minimum atomic E-state index is -3.87. The summed E-state index contributed by atoms with van der Waals surface area (Å²) < 4.78 is 33.1. The van der Waals surface area contributed by atoms with E-state index in [9.17, 15) is 18.3 Å². The molecule has 2 N–H and O–H groups in total. The van der Waals surface area contributed by atoms with E-state index in [1.807, 2.05) is 0 Å². The average molecular weight is 452 g/mol. The van der Waals surface area contributed by atoms with Crippen LogP contribution in [0.3, 0.4) is 0 Å². The lowest BCUT2D eigenvalue weighted by Crippen LogP contribution is -2.24. The number of hydrogen-bond donors (Lipinski definition) is 2. The van der Waals surface area contributed by atoms with Gasteiger partial charge in [0, 0.05) is 11.6 Å². The molecule has 0 aliphatic heterocycles. The van der Waals surface area contributed by atoms with Crippen LogP contribution in [0.5, 0.6) is 11.5 Å². The Labute approximate surface area is 177 Å². The monoisotopic (exact) mass is 451 g/mol. The molecule has 0 aromatic heterocycles. The second-order valence-corrected chi connectivity index (χ2v) is 8.55. The molecule has 0 aliphatic rings. The fourth-order valence-corrected chi connectivity index (χ4v) is 3.85. The van der Waals surface area contributed by atoms with Crippen LogP contribution in [-0.2, 0) is 16.6 Å². The Morgan fingerprint density at radius 1 is 1.00 bits per heavy atom. The molecule has 150 valence electrons. The summed E-state index contributed by atoms with van der Waals surface area (Å²) in [4.78, 5) is 11.3. The third-order valence-corrected chi connectivity index (χ3v) is 5.92. The van der Waals surface area contributed by atoms with E-state index in [2.05, 4.69) is 4.72 Å². The number of rotatable bonds is 7. The Bertz CT molecular complexity index is 1150. The Kier molecular flexibility index (Phi) is 6.44. The number of carbonyl (C=O) groups is 1. The van der Waals surface area contributed by atoms with Crippen molar-refractivity contribution in [3.63, 3.8) is 0 Å². The summed E-state index contributed by atoms with van der Waals surface area (Å²) in [5.74, 6) is -0.322. The van der Waals surface area contributed by atoms with Gasteiger partial charge in [-0.2, -0.15) is 0 Å². The molecule has 0 atom stereocenters. The molecule has 0 heterocycles. The minimum Gasteiger partial charge on any atom is -0.478 e. The molecule has 0 aliphatic carbocycles. The van der Waals surface area contributed by atoms with Gasteiger partial charge in [0.05, 0.1) is 15.5 Å². The summed E-state index contributed by atoms with van der Waals surface area (Å²) in [5.41, 5.74) is 0.229. The highest BCUT2D eigenvalue weighted by Gasteiger charge is 2.17. The van der Waals surface area contributed by atoms with Gasteiger partial charge in [-0.05, 0) is 54.1 Å². The highest BCUT2D eigenvalue weighted by Crippen LogP contribution is 2.29. The molecule has 29 heavy (non-hydrogen) atoms. The quantitative estimate of drug-likeness (QED) is 0.529. The van der Waals surface area contributed by atoms with Crippen molar-refractivity contribution in [2.24, 2.45) is 0 Å². The van der Waals surface area contributed by atoms with Gasteiger partial charge in [0.2, 0.25) is 10.0 Å². The summed E-state index contributed by atoms with van der Waals surface area (Å²) in [6.45, 7) is -0.195. The number of halogens is 2. The molecular formula is C20H15Cl2NO5S. The van der Waals surface area contributed by atoms with Crippen LogP contribution in [0.4, 0.5) is 0 Å². The first kappa shape index (κ1) is 21.1. The van der Waals surface area contributed by atoms with Crippen molar-refractivity contribution in [1.29, 1.82) is 0 Å². The van der Waals surface area contributed by atoms with E-state index in [4.69, 9.17) is 27.9 Å². The Hall–Kier alpha value is -2.58. The van der Waals surface area contributed by atoms with Gasteiger partial charge in [-0.15, -0.1) is 0 Å². The van der Waals surface area contributed by atoms with Crippen LogP contribution in [0.15, 0.2) is 71.6 Å². The zero-order valence-corrected chi connectivity index (χ0v) is 17.1. The predicted molar refractivity (Wildman–Crippen MR) is 110 cm³/mol. The van der Waals surface area contributed by atoms with E-state index in [1.165, 1.54) is 42.5 Å². The van der Waals surface area contributed by atoms with Crippen LogP contribution in [0.1, 0.15) is 15.9 Å². The van der Waals surface area contributed by atoms with Gasteiger partial charge in [0.1, 0.15) is 11.5 Å². The molecule has 0 saturated carbocycles. The molecule has 3 aromatic carbocycles. The zero-order chi connectivity index (χ0) is 21.0. The number of hydrogen-bond acceptors (Lipinski definition) is 4. The number of para-hydroxylation sites is 1. The molecule has 0 fully saturated rings. The molecule has 0 amide bonds. The van der Waals surface area contributed by atoms with E-state index in [-0.39, 0.29) is 22.0 Å². The van der Waals surface area contributed by atoms with Crippen molar-refractivity contribution in [2.75, 3.05) is 0 Å². The van der Waals surface area contributed by atoms with E-state index in [0.717, 1.165) is 0 Å². The van der Waals surface area contributed by atoms with E-state index in [0.29, 0.717) is 22.1 Å². The van der Waals surface area contributed by atoms with Crippen LogP contribution < -0.4 is 9.46 Å². The maximum absolute atomic E-state index is 12.5. The van der Waals surface area contributed by atoms with Gasteiger partial charge in [-0.3, -0.25) is 0 Å². The molecule has 0 bridgehead atoms. The smallest absolute Gasteiger partial charge is 0.336 e. The van der Waals surface area contributed by atoms with Crippen LogP contribution in [0.2, 0.25) is 10.0 Å². The molecule has 0 spiro atoms. The standard InChI is InChI=1S/C20H15Cl2NO5S/c21-14-6-5-13(17(11-14)20(24)25)12-23-29(26,27)16-9-7-15(8-10-16)28-19-4-2-1-3-18(19)22/h1-11,23H,12H2,(H,24,25). The van der Waals surface area contributed by atoms with Gasteiger partial charge in [0.25, 0.3) is 0 Å². The van der Waals surface area contributed by atoms with Crippen LogP contribution in [0, 0.1) is 0 Å². The van der Waals surface area contributed by atoms with E-state index < -0.39 is 16.0 Å². The first-order chi connectivity index (χ1) is 13.8. The number of nitrogens with one attached hydrogen (secondary N) is 1. The molecule has 9 heteroatoms. The van der Waals surface area contributed by atoms with Crippen molar-refractivity contribution < 1.29 is 23.1 Å². The summed E-state index contributed by atoms with van der Waals surface area (Å²) in [7, 11) is -3.87. The summed E-state index contributed by atoms with van der Waals surface area (Å²) in [6.07, 6.45) is 0. The normalized spacial score (nSPS) is 11.2. The summed E-state index contributed by atoms with van der Waals surface area (Å²) in [5, 5.41) is 9.93. The fraction of sp³-hybridized carbons (Fsp3) is 0.0500. The third-order valence-electron chi connectivity index (χ3n) is 3.95. The third kappa shape index (κ3) is 5.27. The van der Waals surface area contributed by atoms with Crippen LogP contribution >= 0.6 is 23.2 Å². The lowest BCUT2D eigenvalue weighted by molar-refractivity contribution is 0.0695. The van der Waals surface area contributed by atoms with Gasteiger partial charge in [-0.25, -0.2) is 17.9 Å². The van der Waals surface area contributed by atoms with Gasteiger partial charge >= 0.3 is 5.97 Å². The van der Waals surface area contributed by atoms with Gasteiger partial charge in [0.15, 0.2) is 0 Å². The van der Waals surface area contributed by atoms with Crippen LogP contribution in [0.25, 0.3) is 0 Å². The maximum Gasteiger partial charge on any atom is 0.336 e. The lowest BCUT2D eigenvalue weighted by Gasteiger charge is -2.11. The minimum absolute atomic E-state index is 0.00912. The zero-order valence-electron chi connectivity index (χ0n) is 14.8. The second kappa shape index (κ2) is 8.84. The summed E-state index contributed by atoms with van der Waals surface area (Å²) >= 11 is 11.8. The van der Waals surface area contributed by atoms with Crippen molar-refractivity contribution in [3.05, 3.63) is 87.9 Å². The predicted octanol–water partition coefficient (Wildman–Crippen LogP) is 4.96. The Balaban J connectivity index is 1.73. The molecule has 0 saturated heterocycles. The number of carboxylic acids is 1. The largest absolute Gasteiger partial charge is 0.478 e. The van der Waals surface area contributed by atoms with Crippen molar-refractivity contribution in [1.82, 2.24) is 4.72 Å². The molecular weight excluding hydrogens is 437 g/mol. The molecule has 6 nitrogen and oxygen atoms in total. The van der Waals surface area contributed by atoms with Gasteiger partial charge in [-0.1, -0.05) is 41.4 Å². The van der Waals surface area contributed by atoms with Crippen molar-refractivity contribution >= 4 is 39.2 Å². The first-order valence-electron chi connectivity index (χ1n) is 8.30. The maximum atomic E-state index is 12.5. The second-order valence-electron chi connectivity index (χ2n) is 5.94. The molecule has 3 aromatic rings. The van der Waals surface area contributed by atoms with Crippen molar-refractivity contribution in [2.45, 2.75) is 11.4 Å². The van der Waals surface area contributed by atoms with E-state index in [1.54, 1.807) is 24.3 Å². The number of sulfonamides is 1. The van der Waals surface area contributed by atoms with Gasteiger partial charge < -0.3 is 9.84 Å². The molecule has 0 unspecified atom stereocenters. The number of benzene rings is 3. The SMILES string of the molecule is O=C(O)c1cc(Cl)ccc1CNS(=O)(=O)c1ccc(Oc2ccccc2Cl)cc1. The lowest BCUT2D eigenvalue weighted by atomic mass is 10.1. The van der Waals surface area contributed by atoms with Crippen LogP contribution in [-0.4, -0.2) is 19.5 Å². The number of ether oxygens (including phenoxy) is 1. The topological polar surface area (TPSA) is 92.7 Å². The van der Waals surface area contributed by atoms with E-state index >= 15 is 0 Å². The Morgan fingerprint density at radius 3 is 2.34 bits per heavy atom. The van der Waals surface area contributed by atoms with Crippen molar-refractivity contribution in [3.8, 4) is 11.5 Å². The number of carboxylic acid groups (broad SMARTS) is 1. The highest BCUT2D eigenvalue weighted by atomic mass is 35.5. The molecule has 3 rings (SSSR count). The fourth-order valence-electron chi connectivity index (χ4n) is 2.50. The number of aromatic carboxylic acids is 1. The average Bonchev–Trinajstić information content (AvgIpc) is 2.69. The highest BCUT2D eigenvalue weighted by molar-refractivity contribution is 7.89. The Morgan fingerprint density at radius 2 is 1.69 bits per heavy atom. The molecule has 0 radical (unpaired) electrons. The summed E-state index contributed by atoms with van der Waals surface area (Å²) in [6, 6.07) is 16.9. The first-order valence-corrected chi connectivity index (χ1v) is 10.5.